The van der Waals surface area contributed by atoms with Gasteiger partial charge >= 0.3 is 9.95 Å². The van der Waals surface area contributed by atoms with Gasteiger partial charge in [0.2, 0.25) is 29.5 Å². The van der Waals surface area contributed by atoms with Gasteiger partial charge < -0.3 is 36.3 Å². The van der Waals surface area contributed by atoms with E-state index in [0.717, 1.165) is 17.7 Å². The number of primary amides is 1. The molecule has 1 saturated heterocycles. The van der Waals surface area contributed by atoms with Gasteiger partial charge in [0.1, 0.15) is 12.1 Å². The fraction of sp³-hybridized carbons (Fsp3) is 0.594. The summed E-state index contributed by atoms with van der Waals surface area (Å²) in [6, 6.07) is 3.69. The summed E-state index contributed by atoms with van der Waals surface area (Å²) in [6.07, 6.45) is 2.15. The van der Waals surface area contributed by atoms with E-state index in [0.29, 0.717) is 24.9 Å². The molecule has 6 N–H and O–H groups in total. The van der Waals surface area contributed by atoms with Crippen molar-refractivity contribution < 1.29 is 47.8 Å². The van der Waals surface area contributed by atoms with E-state index in [2.05, 4.69) is 10.6 Å². The molecule has 1 aromatic carbocycles. The number of unbranched alkanes of at least 4 members (excludes halogenated alkanes) is 2. The molecule has 1 aromatic rings. The van der Waals surface area contributed by atoms with E-state index in [1.165, 1.54) is 53.6 Å². The van der Waals surface area contributed by atoms with Crippen LogP contribution in [0.15, 0.2) is 18.2 Å². The summed E-state index contributed by atoms with van der Waals surface area (Å²) in [5, 5.41) is 4.85. The van der Waals surface area contributed by atoms with Crippen molar-refractivity contribution in [2.75, 3.05) is 32.5 Å². The lowest BCUT2D eigenvalue weighted by molar-refractivity contribution is -0.141. The van der Waals surface area contributed by atoms with E-state index in [1.54, 1.807) is 6.07 Å². The molecule has 1 aliphatic heterocycles. The van der Waals surface area contributed by atoms with Crippen molar-refractivity contribution in [1.29, 1.82) is 0 Å². The Labute approximate surface area is 303 Å². The van der Waals surface area contributed by atoms with Crippen molar-refractivity contribution in [2.45, 2.75) is 82.6 Å². The largest absolute Gasteiger partial charge is 0.493 e. The van der Waals surface area contributed by atoms with Gasteiger partial charge in [0.15, 0.2) is 11.5 Å². The van der Waals surface area contributed by atoms with E-state index in [4.69, 9.17) is 25.7 Å². The summed E-state index contributed by atoms with van der Waals surface area (Å²) in [5.74, 6) is -2.40. The standard InChI is InChI=1S/C32H46IN5O10S/c1-4-19(2)29(37-27(41)8-6-5-7-13-34)31(44)47-21-10-9-20(16-22(21)46-3)23(48-32(33)45)18-36-26(40)12-15-49-24-17-28(42)38(30(24)43)14-11-25(35)39/h9-10,16,19,23-24,29H,4-8,11-15,17-18,34H2,1-3H3,(H2,35,39)(H,36,40)(H,37,41)/t19-,23?,24?,29-/m0/s1. The highest BCUT2D eigenvalue weighted by atomic mass is 127. The molecular formula is C32H46IN5O10S. The molecule has 0 saturated carbocycles. The number of ether oxygens (including phenoxy) is 3. The number of esters is 1. The van der Waals surface area contributed by atoms with Crippen molar-refractivity contribution in [3.63, 3.8) is 0 Å². The molecule has 1 heterocycles. The SMILES string of the molecule is CC[C@H](C)[C@H](NC(=O)CCCCCN)C(=O)Oc1ccc(C(CNC(=O)CCSC2CC(=O)N(CCC(N)=O)C2=O)OC(=O)I)cc1OC. The van der Waals surface area contributed by atoms with Crippen LogP contribution in [-0.2, 0) is 33.5 Å². The zero-order valence-electron chi connectivity index (χ0n) is 28.0. The summed E-state index contributed by atoms with van der Waals surface area (Å²) < 4.78 is 15.9. The topological polar surface area (TPSA) is 227 Å². The van der Waals surface area contributed by atoms with Crippen LogP contribution in [0.5, 0.6) is 11.5 Å². The second-order valence-corrected chi connectivity index (χ2v) is 13.6. The zero-order chi connectivity index (χ0) is 36.5. The maximum absolute atomic E-state index is 13.2. The lowest BCUT2D eigenvalue weighted by Crippen LogP contribution is -2.47. The normalized spacial score (nSPS) is 16.0. The first-order valence-electron chi connectivity index (χ1n) is 16.1. The highest BCUT2D eigenvalue weighted by molar-refractivity contribution is 14.1. The molecule has 0 aliphatic carbocycles. The maximum atomic E-state index is 13.2. The molecule has 272 valence electrons. The zero-order valence-corrected chi connectivity index (χ0v) is 31.0. The fourth-order valence-corrected chi connectivity index (χ4v) is 6.26. The number of benzene rings is 1. The van der Waals surface area contributed by atoms with Gasteiger partial charge in [-0.3, -0.25) is 28.9 Å². The number of hydrogen-bond acceptors (Lipinski definition) is 12. The van der Waals surface area contributed by atoms with Crippen LogP contribution in [0.4, 0.5) is 4.79 Å². The molecule has 2 rings (SSSR count). The molecule has 0 bridgehead atoms. The van der Waals surface area contributed by atoms with Gasteiger partial charge in [-0.2, -0.15) is 0 Å². The van der Waals surface area contributed by atoms with Crippen molar-refractivity contribution in [2.24, 2.45) is 17.4 Å². The highest BCUT2D eigenvalue weighted by Crippen LogP contribution is 2.33. The first-order valence-corrected chi connectivity index (χ1v) is 18.2. The second-order valence-electron chi connectivity index (χ2n) is 11.4. The maximum Gasteiger partial charge on any atom is 0.367 e. The molecule has 1 fully saturated rings. The van der Waals surface area contributed by atoms with Crippen LogP contribution < -0.4 is 31.6 Å². The van der Waals surface area contributed by atoms with E-state index in [1.807, 2.05) is 13.8 Å². The number of likely N-dealkylation sites (tertiary alicyclic amines) is 1. The van der Waals surface area contributed by atoms with E-state index in [9.17, 15) is 33.6 Å². The lowest BCUT2D eigenvalue weighted by Gasteiger charge is -2.23. The molecule has 49 heavy (non-hydrogen) atoms. The van der Waals surface area contributed by atoms with Crippen molar-refractivity contribution in [1.82, 2.24) is 15.5 Å². The Morgan fingerprint density at radius 1 is 1.06 bits per heavy atom. The predicted molar refractivity (Wildman–Crippen MR) is 190 cm³/mol. The number of nitrogens with one attached hydrogen (secondary N) is 2. The van der Waals surface area contributed by atoms with E-state index in [-0.39, 0.29) is 79.7 Å². The smallest absolute Gasteiger partial charge is 0.367 e. The Kier molecular flexibility index (Phi) is 18.4. The minimum atomic E-state index is -0.918. The van der Waals surface area contributed by atoms with Crippen LogP contribution in [0, 0.1) is 5.92 Å². The third-order valence-corrected chi connectivity index (χ3v) is 9.28. The summed E-state index contributed by atoms with van der Waals surface area (Å²) in [4.78, 5) is 87.0. The molecular weight excluding hydrogens is 773 g/mol. The Morgan fingerprint density at radius 2 is 1.80 bits per heavy atom. The Bertz CT molecular complexity index is 1350. The number of amides is 5. The van der Waals surface area contributed by atoms with Crippen LogP contribution >= 0.6 is 34.4 Å². The monoisotopic (exact) mass is 819 g/mol. The number of halogens is 1. The summed E-state index contributed by atoms with van der Waals surface area (Å²) in [6.45, 7) is 4.14. The van der Waals surface area contributed by atoms with Gasteiger partial charge in [-0.05, 0) is 43.0 Å². The average Bonchev–Trinajstić information content (AvgIpc) is 3.33. The van der Waals surface area contributed by atoms with Gasteiger partial charge in [-0.25, -0.2) is 9.59 Å². The number of nitrogens with two attached hydrogens (primary N) is 2. The molecule has 4 atom stereocenters. The molecule has 0 radical (unpaired) electrons. The quantitative estimate of drug-likeness (QED) is 0.0331. The third-order valence-electron chi connectivity index (χ3n) is 7.81. The Morgan fingerprint density at radius 3 is 2.43 bits per heavy atom. The van der Waals surface area contributed by atoms with Gasteiger partial charge in [-0.1, -0.05) is 32.8 Å². The van der Waals surface area contributed by atoms with Gasteiger partial charge in [0.05, 0.1) is 41.5 Å². The summed E-state index contributed by atoms with van der Waals surface area (Å²) in [7, 11) is 1.38. The van der Waals surface area contributed by atoms with Crippen LogP contribution in [0.3, 0.4) is 0 Å². The van der Waals surface area contributed by atoms with Crippen molar-refractivity contribution in [3.05, 3.63) is 23.8 Å². The Balaban J connectivity index is 2.01. The minimum absolute atomic E-state index is 0.0206. The minimum Gasteiger partial charge on any atom is -0.493 e. The van der Waals surface area contributed by atoms with Crippen molar-refractivity contribution in [3.8, 4) is 11.5 Å². The predicted octanol–water partition coefficient (Wildman–Crippen LogP) is 2.51. The number of carbonyl (C=O) groups excluding carboxylic acids is 7. The number of rotatable bonds is 22. The summed E-state index contributed by atoms with van der Waals surface area (Å²) in [5.41, 5.74) is 11.1. The van der Waals surface area contributed by atoms with Crippen LogP contribution in [0.2, 0.25) is 0 Å². The molecule has 0 spiro atoms. The molecule has 1 aliphatic rings. The number of methoxy groups -OCH3 is 1. The first kappa shape index (κ1) is 41.7. The fourth-order valence-electron chi connectivity index (χ4n) is 4.83. The number of imide groups is 1. The molecule has 0 aromatic heterocycles. The van der Waals surface area contributed by atoms with E-state index < -0.39 is 39.2 Å². The molecule has 5 amide bonds. The Hall–Kier alpha value is -3.45. The second kappa shape index (κ2) is 21.6. The first-order chi connectivity index (χ1) is 23.3. The number of nitrogens with zero attached hydrogens (tertiary/aromatic N) is 1. The molecule has 15 nitrogen and oxygen atoms in total. The average molecular weight is 820 g/mol. The number of hydrogen-bond donors (Lipinski definition) is 4. The van der Waals surface area contributed by atoms with Gasteiger partial charge in [0.25, 0.3) is 0 Å². The van der Waals surface area contributed by atoms with Gasteiger partial charge in [-0.15, -0.1) is 11.8 Å². The number of carbonyl (C=O) groups is 7. The molecule has 17 heteroatoms. The highest BCUT2D eigenvalue weighted by Gasteiger charge is 2.38. The summed E-state index contributed by atoms with van der Waals surface area (Å²) >= 11 is 2.64. The molecule has 2 unspecified atom stereocenters. The number of thioether (sulfide) groups is 1. The lowest BCUT2D eigenvalue weighted by atomic mass is 9.99. The van der Waals surface area contributed by atoms with Crippen LogP contribution in [0.1, 0.15) is 76.9 Å². The third kappa shape index (κ3) is 14.1. The van der Waals surface area contributed by atoms with E-state index >= 15 is 0 Å². The van der Waals surface area contributed by atoms with Crippen molar-refractivity contribution >= 4 is 73.8 Å². The van der Waals surface area contributed by atoms with Crippen LogP contribution in [-0.4, -0.2) is 88.2 Å². The van der Waals surface area contributed by atoms with Gasteiger partial charge in [0, 0.05) is 38.0 Å². The van der Waals surface area contributed by atoms with Crippen LogP contribution in [0.25, 0.3) is 0 Å².